The maximum Gasteiger partial charge on any atom is 0.173 e. The molecular formula is C12H17ClFNO3. The predicted octanol–water partition coefficient (Wildman–Crippen LogP) is 1.45. The molecule has 6 heteroatoms. The second kappa shape index (κ2) is 8.26. The van der Waals surface area contributed by atoms with E-state index < -0.39 is 11.9 Å². The Morgan fingerprint density at radius 1 is 1.50 bits per heavy atom. The van der Waals surface area contributed by atoms with Gasteiger partial charge in [0.15, 0.2) is 11.6 Å². The van der Waals surface area contributed by atoms with E-state index >= 15 is 0 Å². The lowest BCUT2D eigenvalue weighted by Gasteiger charge is -2.14. The van der Waals surface area contributed by atoms with Crippen LogP contribution >= 0.6 is 11.6 Å². The number of rotatable bonds is 8. The van der Waals surface area contributed by atoms with Crippen molar-refractivity contribution in [2.75, 3.05) is 33.4 Å². The van der Waals surface area contributed by atoms with Crippen molar-refractivity contribution in [2.45, 2.75) is 6.10 Å². The molecule has 18 heavy (non-hydrogen) atoms. The van der Waals surface area contributed by atoms with Crippen molar-refractivity contribution in [1.82, 2.24) is 5.32 Å². The highest BCUT2D eigenvalue weighted by atomic mass is 35.5. The first kappa shape index (κ1) is 15.2. The minimum absolute atomic E-state index is 0.0271. The summed E-state index contributed by atoms with van der Waals surface area (Å²) in [6.07, 6.45) is -0.738. The molecule has 0 fully saturated rings. The van der Waals surface area contributed by atoms with Crippen molar-refractivity contribution in [2.24, 2.45) is 0 Å². The van der Waals surface area contributed by atoms with E-state index in [1.165, 1.54) is 18.2 Å². The third-order valence-electron chi connectivity index (χ3n) is 2.20. The van der Waals surface area contributed by atoms with Crippen LogP contribution in [0.4, 0.5) is 4.39 Å². The Kier molecular flexibility index (Phi) is 6.97. The van der Waals surface area contributed by atoms with Gasteiger partial charge in [0.1, 0.15) is 12.7 Å². The van der Waals surface area contributed by atoms with Gasteiger partial charge in [0, 0.05) is 20.2 Å². The fourth-order valence-electron chi connectivity index (χ4n) is 1.30. The Morgan fingerprint density at radius 3 is 2.94 bits per heavy atom. The van der Waals surface area contributed by atoms with Crippen molar-refractivity contribution < 1.29 is 19.0 Å². The van der Waals surface area contributed by atoms with Crippen LogP contribution in [0.3, 0.4) is 0 Å². The van der Waals surface area contributed by atoms with Gasteiger partial charge in [-0.15, -0.1) is 0 Å². The number of hydrogen-bond donors (Lipinski definition) is 2. The minimum atomic E-state index is -0.738. The molecule has 0 saturated carbocycles. The monoisotopic (exact) mass is 277 g/mol. The molecule has 4 nitrogen and oxygen atoms in total. The highest BCUT2D eigenvalue weighted by Crippen LogP contribution is 2.27. The van der Waals surface area contributed by atoms with Gasteiger partial charge < -0.3 is 19.9 Å². The number of para-hydroxylation sites is 1. The molecule has 0 aliphatic heterocycles. The number of aliphatic hydroxyl groups is 1. The summed E-state index contributed by atoms with van der Waals surface area (Å²) in [4.78, 5) is 0. The number of aliphatic hydroxyl groups excluding tert-OH is 1. The maximum absolute atomic E-state index is 13.3. The molecule has 1 unspecified atom stereocenters. The van der Waals surface area contributed by atoms with Crippen LogP contribution in [0.5, 0.6) is 5.75 Å². The molecule has 0 radical (unpaired) electrons. The van der Waals surface area contributed by atoms with Crippen LogP contribution in [0, 0.1) is 5.82 Å². The first-order valence-corrected chi connectivity index (χ1v) is 5.97. The summed E-state index contributed by atoms with van der Waals surface area (Å²) in [5.74, 6) is -0.572. The zero-order valence-corrected chi connectivity index (χ0v) is 10.9. The molecule has 0 bridgehead atoms. The summed E-state index contributed by atoms with van der Waals surface area (Å²) in [5.41, 5.74) is 0. The number of halogens is 2. The highest BCUT2D eigenvalue weighted by Gasteiger charge is 2.11. The molecule has 0 aliphatic carbocycles. The van der Waals surface area contributed by atoms with Crippen LogP contribution in [0.1, 0.15) is 0 Å². The van der Waals surface area contributed by atoms with Gasteiger partial charge in [0.2, 0.25) is 0 Å². The maximum atomic E-state index is 13.3. The van der Waals surface area contributed by atoms with E-state index in [4.69, 9.17) is 21.1 Å². The summed E-state index contributed by atoms with van der Waals surface area (Å²) >= 11 is 5.78. The topological polar surface area (TPSA) is 50.7 Å². The predicted molar refractivity (Wildman–Crippen MR) is 67.7 cm³/mol. The molecule has 0 aliphatic rings. The average Bonchev–Trinajstić information content (AvgIpc) is 2.34. The van der Waals surface area contributed by atoms with E-state index in [0.717, 1.165) is 0 Å². The van der Waals surface area contributed by atoms with E-state index in [9.17, 15) is 9.50 Å². The van der Waals surface area contributed by atoms with Gasteiger partial charge in [-0.05, 0) is 12.1 Å². The second-order valence-electron chi connectivity index (χ2n) is 3.71. The van der Waals surface area contributed by atoms with Crippen LogP contribution < -0.4 is 10.1 Å². The van der Waals surface area contributed by atoms with Gasteiger partial charge in [-0.1, -0.05) is 17.7 Å². The average molecular weight is 278 g/mol. The number of ether oxygens (including phenoxy) is 2. The van der Waals surface area contributed by atoms with Gasteiger partial charge in [-0.2, -0.15) is 0 Å². The van der Waals surface area contributed by atoms with Crippen LogP contribution in [0.2, 0.25) is 5.02 Å². The molecule has 0 spiro atoms. The normalized spacial score (nSPS) is 12.4. The number of hydrogen-bond acceptors (Lipinski definition) is 4. The van der Waals surface area contributed by atoms with Crippen LogP contribution in [-0.4, -0.2) is 44.6 Å². The smallest absolute Gasteiger partial charge is 0.173 e. The van der Waals surface area contributed by atoms with E-state index in [1.807, 2.05) is 0 Å². The summed E-state index contributed by atoms with van der Waals surface area (Å²) in [6.45, 7) is 1.51. The summed E-state index contributed by atoms with van der Waals surface area (Å²) in [6, 6.07) is 4.28. The van der Waals surface area contributed by atoms with E-state index in [0.29, 0.717) is 19.7 Å². The van der Waals surface area contributed by atoms with Crippen molar-refractivity contribution in [3.63, 3.8) is 0 Å². The Morgan fingerprint density at radius 2 is 2.28 bits per heavy atom. The number of methoxy groups -OCH3 is 1. The van der Waals surface area contributed by atoms with E-state index in [-0.39, 0.29) is 17.4 Å². The summed E-state index contributed by atoms with van der Waals surface area (Å²) < 4.78 is 23.3. The van der Waals surface area contributed by atoms with Gasteiger partial charge in [-0.3, -0.25) is 0 Å². The molecule has 1 aromatic carbocycles. The van der Waals surface area contributed by atoms with Gasteiger partial charge in [0.05, 0.1) is 11.6 Å². The van der Waals surface area contributed by atoms with Gasteiger partial charge >= 0.3 is 0 Å². The van der Waals surface area contributed by atoms with Crippen molar-refractivity contribution in [1.29, 1.82) is 0 Å². The largest absolute Gasteiger partial charge is 0.486 e. The molecule has 1 atom stereocenters. The fourth-order valence-corrected chi connectivity index (χ4v) is 1.52. The fraction of sp³-hybridized carbons (Fsp3) is 0.500. The number of nitrogens with one attached hydrogen (secondary N) is 1. The Hall–Kier alpha value is -0.880. The molecule has 102 valence electrons. The zero-order valence-electron chi connectivity index (χ0n) is 10.2. The standard InChI is InChI=1S/C12H17ClFNO3/c1-17-6-5-15-7-9(16)8-18-12-10(13)3-2-4-11(12)14/h2-4,9,15-16H,5-8H2,1H3. The van der Waals surface area contributed by atoms with Gasteiger partial charge in [-0.25, -0.2) is 4.39 Å². The Balaban J connectivity index is 2.31. The first-order chi connectivity index (χ1) is 8.65. The van der Waals surface area contributed by atoms with Crippen LogP contribution in [-0.2, 0) is 4.74 Å². The lowest BCUT2D eigenvalue weighted by Crippen LogP contribution is -2.33. The zero-order chi connectivity index (χ0) is 13.4. The van der Waals surface area contributed by atoms with Crippen molar-refractivity contribution >= 4 is 11.6 Å². The summed E-state index contributed by atoms with van der Waals surface area (Å²) in [7, 11) is 1.60. The molecule has 1 rings (SSSR count). The van der Waals surface area contributed by atoms with Crippen LogP contribution in [0.15, 0.2) is 18.2 Å². The lowest BCUT2D eigenvalue weighted by molar-refractivity contribution is 0.101. The molecule has 1 aromatic rings. The number of benzene rings is 1. The molecular weight excluding hydrogens is 261 g/mol. The Bertz CT molecular complexity index is 345. The molecule has 2 N–H and O–H groups in total. The van der Waals surface area contributed by atoms with Crippen molar-refractivity contribution in [3.05, 3.63) is 29.0 Å². The quantitative estimate of drug-likeness (QED) is 0.707. The SMILES string of the molecule is COCCNCC(O)COc1c(F)cccc1Cl. The van der Waals surface area contributed by atoms with E-state index in [1.54, 1.807) is 7.11 Å². The van der Waals surface area contributed by atoms with E-state index in [2.05, 4.69) is 5.32 Å². The molecule has 0 heterocycles. The lowest BCUT2D eigenvalue weighted by atomic mass is 10.3. The molecule has 0 saturated heterocycles. The molecule has 0 amide bonds. The van der Waals surface area contributed by atoms with Crippen molar-refractivity contribution in [3.8, 4) is 5.75 Å². The summed E-state index contributed by atoms with van der Waals surface area (Å²) in [5, 5.41) is 12.8. The van der Waals surface area contributed by atoms with Crippen LogP contribution in [0.25, 0.3) is 0 Å². The second-order valence-corrected chi connectivity index (χ2v) is 4.12. The minimum Gasteiger partial charge on any atom is -0.486 e. The third-order valence-corrected chi connectivity index (χ3v) is 2.50. The first-order valence-electron chi connectivity index (χ1n) is 5.59. The van der Waals surface area contributed by atoms with Gasteiger partial charge in [0.25, 0.3) is 0 Å². The Labute approximate surface area is 111 Å². The third kappa shape index (κ3) is 5.18. The molecule has 0 aromatic heterocycles. The highest BCUT2D eigenvalue weighted by molar-refractivity contribution is 6.32.